The second-order valence-corrected chi connectivity index (χ2v) is 7.18. The molecule has 0 saturated heterocycles. The van der Waals surface area contributed by atoms with Gasteiger partial charge in [0.1, 0.15) is 6.61 Å². The molecule has 0 amide bonds. The summed E-state index contributed by atoms with van der Waals surface area (Å²) in [6.45, 7) is 4.46. The molecule has 0 heterocycles. The number of nitrogens with one attached hydrogen (secondary N) is 1. The maximum absolute atomic E-state index is 6.24. The number of unbranched alkanes of at least 4 members (excludes halogenated alkanes) is 5. The van der Waals surface area contributed by atoms with E-state index in [-0.39, 0.29) is 0 Å². The Kier molecular flexibility index (Phi) is 10.1. The van der Waals surface area contributed by atoms with E-state index >= 15 is 0 Å². The fourth-order valence-electron chi connectivity index (χ4n) is 3.04. The number of benzene rings is 2. The minimum absolute atomic E-state index is 0.421. The van der Waals surface area contributed by atoms with Crippen LogP contribution in [-0.4, -0.2) is 13.7 Å². The molecule has 0 radical (unpaired) electrons. The number of rotatable bonds is 13. The van der Waals surface area contributed by atoms with Gasteiger partial charge in [0.05, 0.1) is 7.11 Å². The first-order valence-corrected chi connectivity index (χ1v) is 10.4. The SMILES string of the molecule is CCCCCCCCNCc1cccc(OC)c1OCc1ccccc1Cl. The van der Waals surface area contributed by atoms with E-state index in [1.165, 1.54) is 38.5 Å². The summed E-state index contributed by atoms with van der Waals surface area (Å²) >= 11 is 6.24. The molecule has 2 aromatic rings. The van der Waals surface area contributed by atoms with Crippen LogP contribution in [0.2, 0.25) is 5.02 Å². The van der Waals surface area contributed by atoms with Crippen molar-refractivity contribution in [2.75, 3.05) is 13.7 Å². The van der Waals surface area contributed by atoms with Crippen molar-refractivity contribution >= 4 is 11.6 Å². The molecule has 0 bridgehead atoms. The van der Waals surface area contributed by atoms with Gasteiger partial charge in [0, 0.05) is 22.7 Å². The van der Waals surface area contributed by atoms with Crippen LogP contribution < -0.4 is 14.8 Å². The first-order valence-electron chi connectivity index (χ1n) is 9.99. The molecule has 4 heteroatoms. The lowest BCUT2D eigenvalue weighted by atomic mass is 10.1. The van der Waals surface area contributed by atoms with Crippen molar-refractivity contribution in [1.29, 1.82) is 0 Å². The highest BCUT2D eigenvalue weighted by Gasteiger charge is 2.11. The third kappa shape index (κ3) is 7.43. The van der Waals surface area contributed by atoms with Gasteiger partial charge in [0.2, 0.25) is 0 Å². The van der Waals surface area contributed by atoms with Crippen LogP contribution in [0.3, 0.4) is 0 Å². The summed E-state index contributed by atoms with van der Waals surface area (Å²) < 4.78 is 11.6. The van der Waals surface area contributed by atoms with E-state index in [4.69, 9.17) is 21.1 Å². The minimum atomic E-state index is 0.421. The van der Waals surface area contributed by atoms with Crippen LogP contribution >= 0.6 is 11.6 Å². The van der Waals surface area contributed by atoms with E-state index in [0.29, 0.717) is 6.61 Å². The number of ether oxygens (including phenoxy) is 2. The first kappa shape index (κ1) is 21.6. The quantitative estimate of drug-likeness (QED) is 0.403. The third-order valence-electron chi connectivity index (χ3n) is 4.63. The largest absolute Gasteiger partial charge is 0.493 e. The van der Waals surface area contributed by atoms with Crippen molar-refractivity contribution in [3.63, 3.8) is 0 Å². The monoisotopic (exact) mass is 389 g/mol. The van der Waals surface area contributed by atoms with Crippen molar-refractivity contribution in [2.45, 2.75) is 58.6 Å². The topological polar surface area (TPSA) is 30.5 Å². The molecule has 0 aromatic heterocycles. The second-order valence-electron chi connectivity index (χ2n) is 6.77. The summed E-state index contributed by atoms with van der Waals surface area (Å²) in [5.74, 6) is 1.54. The molecule has 3 nitrogen and oxygen atoms in total. The Hall–Kier alpha value is -1.71. The fourth-order valence-corrected chi connectivity index (χ4v) is 3.23. The molecule has 1 N–H and O–H groups in total. The Labute approximate surface area is 169 Å². The van der Waals surface area contributed by atoms with E-state index in [0.717, 1.165) is 40.7 Å². The highest BCUT2D eigenvalue weighted by atomic mass is 35.5. The van der Waals surface area contributed by atoms with Gasteiger partial charge in [-0.05, 0) is 25.1 Å². The van der Waals surface area contributed by atoms with Crippen molar-refractivity contribution in [1.82, 2.24) is 5.32 Å². The zero-order valence-electron chi connectivity index (χ0n) is 16.6. The Morgan fingerprint density at radius 1 is 0.889 bits per heavy atom. The predicted molar refractivity (Wildman–Crippen MR) is 114 cm³/mol. The van der Waals surface area contributed by atoms with E-state index in [2.05, 4.69) is 18.3 Å². The van der Waals surface area contributed by atoms with Gasteiger partial charge >= 0.3 is 0 Å². The molecule has 0 aliphatic rings. The number of hydrogen-bond acceptors (Lipinski definition) is 3. The highest BCUT2D eigenvalue weighted by Crippen LogP contribution is 2.32. The molecule has 0 aliphatic carbocycles. The lowest BCUT2D eigenvalue weighted by Crippen LogP contribution is -2.15. The Bertz CT molecular complexity index is 675. The molecule has 0 aliphatic heterocycles. The van der Waals surface area contributed by atoms with Crippen molar-refractivity contribution in [2.24, 2.45) is 0 Å². The summed E-state index contributed by atoms with van der Waals surface area (Å²) in [7, 11) is 1.67. The number of para-hydroxylation sites is 1. The van der Waals surface area contributed by atoms with Gasteiger partial charge < -0.3 is 14.8 Å². The average molecular weight is 390 g/mol. The summed E-state index contributed by atoms with van der Waals surface area (Å²) in [6, 6.07) is 13.8. The average Bonchev–Trinajstić information content (AvgIpc) is 2.69. The van der Waals surface area contributed by atoms with Crippen molar-refractivity contribution in [3.05, 3.63) is 58.6 Å². The van der Waals surface area contributed by atoms with Gasteiger partial charge in [0.15, 0.2) is 11.5 Å². The van der Waals surface area contributed by atoms with Gasteiger partial charge in [-0.1, -0.05) is 81.0 Å². The van der Waals surface area contributed by atoms with E-state index in [1.54, 1.807) is 7.11 Å². The molecule has 2 aromatic carbocycles. The molecule has 148 valence electrons. The van der Waals surface area contributed by atoms with Crippen LogP contribution in [0.15, 0.2) is 42.5 Å². The lowest BCUT2D eigenvalue weighted by molar-refractivity contribution is 0.280. The molecule has 27 heavy (non-hydrogen) atoms. The Balaban J connectivity index is 1.87. The van der Waals surface area contributed by atoms with Crippen LogP contribution in [-0.2, 0) is 13.2 Å². The van der Waals surface area contributed by atoms with Crippen LogP contribution in [0.1, 0.15) is 56.6 Å². The molecule has 0 spiro atoms. The molecule has 0 unspecified atom stereocenters. The molecular weight excluding hydrogens is 358 g/mol. The van der Waals surface area contributed by atoms with Crippen molar-refractivity contribution < 1.29 is 9.47 Å². The zero-order chi connectivity index (χ0) is 19.3. The normalized spacial score (nSPS) is 10.8. The first-order chi connectivity index (χ1) is 13.3. The van der Waals surface area contributed by atoms with E-state index in [1.807, 2.05) is 36.4 Å². The molecule has 0 fully saturated rings. The fraction of sp³-hybridized carbons (Fsp3) is 0.478. The maximum atomic E-state index is 6.24. The third-order valence-corrected chi connectivity index (χ3v) is 5.00. The Morgan fingerprint density at radius 2 is 1.63 bits per heavy atom. The smallest absolute Gasteiger partial charge is 0.166 e. The molecular formula is C23H32ClNO2. The molecule has 0 saturated carbocycles. The summed E-state index contributed by atoms with van der Waals surface area (Å²) in [5, 5.41) is 4.25. The standard InChI is InChI=1S/C23H32ClNO2/c1-3-4-5-6-7-10-16-25-17-19-13-11-15-22(26-2)23(19)27-18-20-12-8-9-14-21(20)24/h8-9,11-15,25H,3-7,10,16-18H2,1-2H3. The Morgan fingerprint density at radius 3 is 2.41 bits per heavy atom. The summed E-state index contributed by atoms with van der Waals surface area (Å²) in [5.41, 5.74) is 2.07. The van der Waals surface area contributed by atoms with Gasteiger partial charge in [0.25, 0.3) is 0 Å². The lowest BCUT2D eigenvalue weighted by Gasteiger charge is -2.16. The van der Waals surface area contributed by atoms with E-state index in [9.17, 15) is 0 Å². The maximum Gasteiger partial charge on any atom is 0.166 e. The van der Waals surface area contributed by atoms with E-state index < -0.39 is 0 Å². The number of hydrogen-bond donors (Lipinski definition) is 1. The highest BCUT2D eigenvalue weighted by molar-refractivity contribution is 6.31. The van der Waals surface area contributed by atoms with Gasteiger partial charge in [-0.25, -0.2) is 0 Å². The van der Waals surface area contributed by atoms with Gasteiger partial charge in [-0.2, -0.15) is 0 Å². The zero-order valence-corrected chi connectivity index (χ0v) is 17.4. The molecule has 2 rings (SSSR count). The van der Waals surface area contributed by atoms with Gasteiger partial charge in [-0.15, -0.1) is 0 Å². The van der Waals surface area contributed by atoms with Crippen LogP contribution in [0.5, 0.6) is 11.5 Å². The van der Waals surface area contributed by atoms with Crippen LogP contribution in [0.25, 0.3) is 0 Å². The van der Waals surface area contributed by atoms with Crippen LogP contribution in [0.4, 0.5) is 0 Å². The van der Waals surface area contributed by atoms with Crippen LogP contribution in [0, 0.1) is 0 Å². The molecule has 0 atom stereocenters. The second kappa shape index (κ2) is 12.6. The predicted octanol–water partition coefficient (Wildman–Crippen LogP) is 6.38. The number of halogens is 1. The minimum Gasteiger partial charge on any atom is -0.493 e. The van der Waals surface area contributed by atoms with Crippen molar-refractivity contribution in [3.8, 4) is 11.5 Å². The summed E-state index contributed by atoms with van der Waals surface area (Å²) in [4.78, 5) is 0. The summed E-state index contributed by atoms with van der Waals surface area (Å²) in [6.07, 6.45) is 7.84. The van der Waals surface area contributed by atoms with Gasteiger partial charge in [-0.3, -0.25) is 0 Å². The number of methoxy groups -OCH3 is 1.